The van der Waals surface area contributed by atoms with Crippen LogP contribution in [0.3, 0.4) is 0 Å². The Balaban J connectivity index is 0.00000261. The van der Waals surface area contributed by atoms with Crippen molar-refractivity contribution >= 4 is 53.2 Å². The van der Waals surface area contributed by atoms with E-state index in [1.807, 2.05) is 13.8 Å². The van der Waals surface area contributed by atoms with Gasteiger partial charge in [0.05, 0.1) is 18.8 Å². The monoisotopic (exact) mass is 385 g/mol. The molecule has 27 heavy (non-hydrogen) atoms. The summed E-state index contributed by atoms with van der Waals surface area (Å²) in [7, 11) is 0. The smallest absolute Gasteiger partial charge is 0.309 e. The van der Waals surface area contributed by atoms with Crippen LogP contribution < -0.4 is 0 Å². The number of carbonyl (C=O) groups excluding carboxylic acids is 3. The number of hydrogen-bond donors (Lipinski definition) is 1. The Kier molecular flexibility index (Phi) is 6.71. The van der Waals surface area contributed by atoms with Crippen molar-refractivity contribution in [2.24, 2.45) is 17.8 Å². The number of aliphatic carboxylic acids is 1. The minimum Gasteiger partial charge on any atom is -0.481 e. The van der Waals surface area contributed by atoms with Crippen molar-refractivity contribution in [3.8, 4) is 0 Å². The van der Waals surface area contributed by atoms with Crippen LogP contribution in [0.4, 0.5) is 0 Å². The molecule has 2 aliphatic carbocycles. The van der Waals surface area contributed by atoms with Crippen molar-refractivity contribution in [3.63, 3.8) is 0 Å². The molecule has 3 rings (SSSR count). The number of carboxylic acids is 1. The summed E-state index contributed by atoms with van der Waals surface area (Å²) in [6.07, 6.45) is 0.194. The fourth-order valence-electron chi connectivity index (χ4n) is 4.34. The Morgan fingerprint density at radius 2 is 1.93 bits per heavy atom. The van der Waals surface area contributed by atoms with Crippen LogP contribution in [0.5, 0.6) is 0 Å². The predicted octanol–water partition coefficient (Wildman–Crippen LogP) is 1.43. The average Bonchev–Trinajstić information content (AvgIpc) is 2.95. The molecule has 1 saturated heterocycles. The van der Waals surface area contributed by atoms with Crippen molar-refractivity contribution in [1.29, 1.82) is 0 Å². The van der Waals surface area contributed by atoms with Gasteiger partial charge in [-0.3, -0.25) is 19.2 Å². The number of esters is 2. The molecule has 0 saturated carbocycles. The molecule has 0 spiro atoms. The molecule has 1 aliphatic heterocycles. The van der Waals surface area contributed by atoms with Gasteiger partial charge >= 0.3 is 17.9 Å². The molecular formula is C19H22NaO7. The Bertz CT molecular complexity index is 751. The summed E-state index contributed by atoms with van der Waals surface area (Å²) in [5.74, 6) is -3.28. The number of allylic oxidation sites excluding steroid dienone is 1. The van der Waals surface area contributed by atoms with E-state index in [1.165, 1.54) is 0 Å². The first-order chi connectivity index (χ1) is 12.2. The Morgan fingerprint density at radius 3 is 2.56 bits per heavy atom. The predicted molar refractivity (Wildman–Crippen MR) is 94.6 cm³/mol. The van der Waals surface area contributed by atoms with Crippen LogP contribution in [0.1, 0.15) is 40.0 Å². The first kappa shape index (κ1) is 21.9. The van der Waals surface area contributed by atoms with E-state index in [-0.39, 0.29) is 66.0 Å². The zero-order valence-corrected chi connectivity index (χ0v) is 18.0. The third-order valence-corrected chi connectivity index (χ3v) is 5.56. The molecule has 3 aliphatic rings. The van der Waals surface area contributed by atoms with E-state index in [1.54, 1.807) is 13.0 Å². The second kappa shape index (κ2) is 8.29. The molecule has 0 aromatic heterocycles. The standard InChI is InChI=1S/C19H22O7.Na/c1-8-6-11(20)15-9(2)7-12(25-14(23)5-4-13(21)22)17-10(3)19(24)26-18(17)16(8)15;/h6,10,12,16-18H,4-5,7H2,1-3H3,(H,21,22);/t10-,12?,16?,17?,18+;/m0./s1. The summed E-state index contributed by atoms with van der Waals surface area (Å²) in [6.45, 7) is 5.41. The molecule has 5 atom stereocenters. The summed E-state index contributed by atoms with van der Waals surface area (Å²) in [5, 5.41) is 8.73. The van der Waals surface area contributed by atoms with Gasteiger partial charge in [-0.1, -0.05) is 18.1 Å². The molecule has 3 unspecified atom stereocenters. The van der Waals surface area contributed by atoms with E-state index in [4.69, 9.17) is 14.6 Å². The zero-order valence-electron chi connectivity index (χ0n) is 16.0. The van der Waals surface area contributed by atoms with Gasteiger partial charge in [0.1, 0.15) is 12.2 Å². The minimum atomic E-state index is -1.08. The molecule has 8 heteroatoms. The van der Waals surface area contributed by atoms with Crippen LogP contribution in [-0.4, -0.2) is 70.6 Å². The Hall–Kier alpha value is -1.44. The van der Waals surface area contributed by atoms with E-state index in [9.17, 15) is 19.2 Å². The zero-order chi connectivity index (χ0) is 19.2. The Morgan fingerprint density at radius 1 is 1.26 bits per heavy atom. The van der Waals surface area contributed by atoms with Gasteiger partial charge in [-0.2, -0.15) is 0 Å². The van der Waals surface area contributed by atoms with E-state index in [2.05, 4.69) is 0 Å². The van der Waals surface area contributed by atoms with Gasteiger partial charge in [0.2, 0.25) is 0 Å². The van der Waals surface area contributed by atoms with E-state index >= 15 is 0 Å². The number of carbonyl (C=O) groups is 4. The van der Waals surface area contributed by atoms with Crippen molar-refractivity contribution in [1.82, 2.24) is 0 Å². The maximum Gasteiger partial charge on any atom is 0.309 e. The number of hydrogen-bond acceptors (Lipinski definition) is 6. The van der Waals surface area contributed by atoms with E-state index in [0.717, 1.165) is 11.1 Å². The third-order valence-electron chi connectivity index (χ3n) is 5.56. The van der Waals surface area contributed by atoms with Gasteiger partial charge in [-0.15, -0.1) is 0 Å². The molecule has 141 valence electrons. The van der Waals surface area contributed by atoms with Crippen LogP contribution in [0, 0.1) is 17.8 Å². The fourth-order valence-corrected chi connectivity index (χ4v) is 4.34. The molecule has 1 heterocycles. The van der Waals surface area contributed by atoms with Crippen molar-refractivity contribution in [2.75, 3.05) is 0 Å². The molecule has 0 amide bonds. The van der Waals surface area contributed by atoms with Crippen LogP contribution in [0.15, 0.2) is 22.8 Å². The van der Waals surface area contributed by atoms with Crippen LogP contribution in [0.25, 0.3) is 0 Å². The van der Waals surface area contributed by atoms with Gasteiger partial charge in [0.25, 0.3) is 0 Å². The summed E-state index contributed by atoms with van der Waals surface area (Å²) in [4.78, 5) is 47.3. The normalized spacial score (nSPS) is 32.0. The Labute approximate surface area is 179 Å². The maximum absolute atomic E-state index is 12.4. The topological polar surface area (TPSA) is 107 Å². The number of ether oxygens (including phenoxy) is 2. The number of rotatable bonds is 4. The fraction of sp³-hybridized carbons (Fsp3) is 0.579. The van der Waals surface area contributed by atoms with Gasteiger partial charge in [-0.05, 0) is 19.9 Å². The molecular weight excluding hydrogens is 363 g/mol. The van der Waals surface area contributed by atoms with Gasteiger partial charge in [0.15, 0.2) is 5.78 Å². The summed E-state index contributed by atoms with van der Waals surface area (Å²) in [6, 6.07) is 0. The molecule has 1 N–H and O–H groups in total. The molecule has 1 fully saturated rings. The van der Waals surface area contributed by atoms with Crippen molar-refractivity contribution < 1.29 is 33.8 Å². The minimum absolute atomic E-state index is 0. The molecule has 0 aromatic rings. The average molecular weight is 385 g/mol. The van der Waals surface area contributed by atoms with E-state index in [0.29, 0.717) is 12.0 Å². The quantitative estimate of drug-likeness (QED) is 0.576. The van der Waals surface area contributed by atoms with E-state index < -0.39 is 30.1 Å². The number of carboxylic acid groups (broad SMARTS) is 1. The van der Waals surface area contributed by atoms with Crippen LogP contribution in [0.2, 0.25) is 0 Å². The molecule has 1 radical (unpaired) electrons. The maximum atomic E-state index is 12.4. The van der Waals surface area contributed by atoms with Crippen LogP contribution >= 0.6 is 0 Å². The molecule has 7 nitrogen and oxygen atoms in total. The molecule has 0 aromatic carbocycles. The van der Waals surface area contributed by atoms with Crippen molar-refractivity contribution in [2.45, 2.75) is 52.2 Å². The second-order valence-electron chi connectivity index (χ2n) is 7.32. The summed E-state index contributed by atoms with van der Waals surface area (Å²) < 4.78 is 11.2. The summed E-state index contributed by atoms with van der Waals surface area (Å²) >= 11 is 0. The van der Waals surface area contributed by atoms with Gasteiger partial charge in [-0.25, -0.2) is 0 Å². The van der Waals surface area contributed by atoms with Gasteiger partial charge in [0, 0.05) is 53.4 Å². The number of ketones is 1. The third kappa shape index (κ3) is 4.05. The largest absolute Gasteiger partial charge is 0.481 e. The first-order valence-corrected chi connectivity index (χ1v) is 8.74. The summed E-state index contributed by atoms with van der Waals surface area (Å²) in [5.41, 5.74) is 2.30. The number of fused-ring (bicyclic) bond motifs is 3. The first-order valence-electron chi connectivity index (χ1n) is 8.74. The molecule has 0 bridgehead atoms. The second-order valence-corrected chi connectivity index (χ2v) is 7.32. The van der Waals surface area contributed by atoms with Gasteiger partial charge < -0.3 is 14.6 Å². The van der Waals surface area contributed by atoms with Crippen LogP contribution in [-0.2, 0) is 28.7 Å². The van der Waals surface area contributed by atoms with Crippen molar-refractivity contribution in [3.05, 3.63) is 22.8 Å². The SMILES string of the molecule is CC1=CC(=O)C2=C(C)CC(OC(=O)CCC(=O)O)C3[C@H](OC(=O)[C@H]3C)C12.[Na].